The zero-order chi connectivity index (χ0) is 14.8. The van der Waals surface area contributed by atoms with Gasteiger partial charge in [-0.05, 0) is 18.2 Å². The third kappa shape index (κ3) is 2.36. The maximum atomic E-state index is 12.3. The van der Waals surface area contributed by atoms with Crippen LogP contribution in [0.3, 0.4) is 0 Å². The van der Waals surface area contributed by atoms with Crippen molar-refractivity contribution in [2.24, 2.45) is 0 Å². The summed E-state index contributed by atoms with van der Waals surface area (Å²) in [5, 5.41) is 12.4. The molecule has 1 aromatic heterocycles. The lowest BCUT2D eigenvalue weighted by molar-refractivity contribution is 0.0698. The van der Waals surface area contributed by atoms with Crippen LogP contribution in [0, 0.1) is 0 Å². The molecule has 3 rings (SSSR count). The second-order valence-corrected chi connectivity index (χ2v) is 4.45. The number of anilines is 1. The van der Waals surface area contributed by atoms with E-state index in [4.69, 9.17) is 9.52 Å². The van der Waals surface area contributed by atoms with Crippen LogP contribution in [0.2, 0.25) is 0 Å². The second-order valence-electron chi connectivity index (χ2n) is 4.45. The first kappa shape index (κ1) is 12.9. The summed E-state index contributed by atoms with van der Waals surface area (Å²) in [5.74, 6) is -1.50. The lowest BCUT2D eigenvalue weighted by atomic mass is 10.1. The van der Waals surface area contributed by atoms with Gasteiger partial charge in [-0.25, -0.2) is 4.79 Å². The Morgan fingerprint density at radius 1 is 0.952 bits per heavy atom. The van der Waals surface area contributed by atoms with Crippen LogP contribution in [0.5, 0.6) is 0 Å². The number of para-hydroxylation sites is 2. The van der Waals surface area contributed by atoms with Crippen molar-refractivity contribution in [1.82, 2.24) is 0 Å². The van der Waals surface area contributed by atoms with Crippen LogP contribution in [0.25, 0.3) is 11.0 Å². The molecule has 1 amide bonds. The summed E-state index contributed by atoms with van der Waals surface area (Å²) in [6, 6.07) is 13.4. The fourth-order valence-electron chi connectivity index (χ4n) is 2.12. The average Bonchev–Trinajstić information content (AvgIpc) is 2.91. The summed E-state index contributed by atoms with van der Waals surface area (Å²) in [6.07, 6.45) is 1.36. The topological polar surface area (TPSA) is 79.5 Å². The number of carboxylic acid groups (broad SMARTS) is 1. The van der Waals surface area contributed by atoms with Crippen molar-refractivity contribution in [2.75, 3.05) is 5.32 Å². The minimum atomic E-state index is -1.09. The number of furan rings is 1. The van der Waals surface area contributed by atoms with E-state index in [1.807, 2.05) is 6.07 Å². The lowest BCUT2D eigenvalue weighted by Crippen LogP contribution is -2.14. The van der Waals surface area contributed by atoms with Gasteiger partial charge in [-0.3, -0.25) is 4.79 Å². The fraction of sp³-hybridized carbons (Fsp3) is 0. The van der Waals surface area contributed by atoms with Gasteiger partial charge in [0.25, 0.3) is 5.91 Å². The van der Waals surface area contributed by atoms with Crippen LogP contribution in [-0.2, 0) is 0 Å². The number of carboxylic acids is 1. The molecule has 0 bridgehead atoms. The lowest BCUT2D eigenvalue weighted by Gasteiger charge is -2.07. The number of amides is 1. The minimum Gasteiger partial charge on any atom is -0.478 e. The first-order valence-corrected chi connectivity index (χ1v) is 6.27. The molecule has 3 aromatic rings. The number of carbonyl (C=O) groups is 2. The molecule has 0 atom stereocenters. The minimum absolute atomic E-state index is 0.0404. The first-order chi connectivity index (χ1) is 10.2. The van der Waals surface area contributed by atoms with Crippen molar-refractivity contribution >= 4 is 28.5 Å². The van der Waals surface area contributed by atoms with E-state index in [0.29, 0.717) is 16.5 Å². The molecule has 2 N–H and O–H groups in total. The molecule has 0 aliphatic rings. The molecule has 0 radical (unpaired) electrons. The standard InChI is InChI=1S/C16H11NO4/c18-15(12-9-21-14-8-4-2-5-10(12)14)17-13-7-3-1-6-11(13)16(19)20/h1-9H,(H,17,18)(H,19,20). The highest BCUT2D eigenvalue weighted by Crippen LogP contribution is 2.23. The van der Waals surface area contributed by atoms with Gasteiger partial charge in [0.15, 0.2) is 0 Å². The monoisotopic (exact) mass is 281 g/mol. The molecule has 5 nitrogen and oxygen atoms in total. The molecule has 0 spiro atoms. The number of nitrogens with one attached hydrogen (secondary N) is 1. The summed E-state index contributed by atoms with van der Waals surface area (Å²) >= 11 is 0. The molecule has 0 aliphatic heterocycles. The molecule has 21 heavy (non-hydrogen) atoms. The number of hydrogen-bond donors (Lipinski definition) is 2. The largest absolute Gasteiger partial charge is 0.478 e. The highest BCUT2D eigenvalue weighted by Gasteiger charge is 2.16. The number of carbonyl (C=O) groups excluding carboxylic acids is 1. The molecular formula is C16H11NO4. The SMILES string of the molecule is O=C(O)c1ccccc1NC(=O)c1coc2ccccc12. The van der Waals surface area contributed by atoms with Crippen LogP contribution >= 0.6 is 0 Å². The third-order valence-electron chi connectivity index (χ3n) is 3.13. The quantitative estimate of drug-likeness (QED) is 0.771. The van der Waals surface area contributed by atoms with Crippen LogP contribution < -0.4 is 5.32 Å². The van der Waals surface area contributed by atoms with E-state index in [0.717, 1.165) is 0 Å². The zero-order valence-electron chi connectivity index (χ0n) is 10.9. The van der Waals surface area contributed by atoms with E-state index in [1.165, 1.54) is 12.3 Å². The van der Waals surface area contributed by atoms with E-state index in [9.17, 15) is 9.59 Å². The van der Waals surface area contributed by atoms with E-state index in [-0.39, 0.29) is 11.3 Å². The summed E-state index contributed by atoms with van der Waals surface area (Å²) in [5.41, 5.74) is 1.26. The van der Waals surface area contributed by atoms with Crippen LogP contribution in [0.4, 0.5) is 5.69 Å². The van der Waals surface area contributed by atoms with Gasteiger partial charge in [0, 0.05) is 5.39 Å². The smallest absolute Gasteiger partial charge is 0.337 e. The van der Waals surface area contributed by atoms with E-state index < -0.39 is 11.9 Å². The zero-order valence-corrected chi connectivity index (χ0v) is 10.9. The van der Waals surface area contributed by atoms with Crippen LogP contribution in [0.1, 0.15) is 20.7 Å². The highest BCUT2D eigenvalue weighted by molar-refractivity contribution is 6.13. The Balaban J connectivity index is 1.96. The predicted molar refractivity (Wildman–Crippen MR) is 77.6 cm³/mol. The molecule has 104 valence electrons. The Bertz CT molecular complexity index is 835. The van der Waals surface area contributed by atoms with Gasteiger partial charge in [0.2, 0.25) is 0 Å². The van der Waals surface area contributed by atoms with Crippen molar-refractivity contribution in [3.63, 3.8) is 0 Å². The van der Waals surface area contributed by atoms with Gasteiger partial charge in [0.05, 0.1) is 16.8 Å². The Hall–Kier alpha value is -3.08. The number of aromatic carboxylic acids is 1. The maximum absolute atomic E-state index is 12.3. The molecule has 5 heteroatoms. The van der Waals surface area contributed by atoms with E-state index in [2.05, 4.69) is 5.32 Å². The van der Waals surface area contributed by atoms with Gasteiger partial charge in [-0.15, -0.1) is 0 Å². The molecule has 0 aliphatic carbocycles. The normalized spacial score (nSPS) is 10.5. The van der Waals surface area contributed by atoms with E-state index in [1.54, 1.807) is 36.4 Å². The summed E-state index contributed by atoms with van der Waals surface area (Å²) in [6.45, 7) is 0. The van der Waals surface area contributed by atoms with Crippen molar-refractivity contribution in [1.29, 1.82) is 0 Å². The Morgan fingerprint density at radius 2 is 1.67 bits per heavy atom. The summed E-state index contributed by atoms with van der Waals surface area (Å²) in [4.78, 5) is 23.4. The number of benzene rings is 2. The molecule has 0 unspecified atom stereocenters. The van der Waals surface area contributed by atoms with Crippen LogP contribution in [-0.4, -0.2) is 17.0 Å². The van der Waals surface area contributed by atoms with Crippen molar-refractivity contribution in [3.8, 4) is 0 Å². The molecule has 2 aromatic carbocycles. The van der Waals surface area contributed by atoms with Gasteiger partial charge in [-0.1, -0.05) is 30.3 Å². The fourth-order valence-corrected chi connectivity index (χ4v) is 2.12. The Kier molecular flexibility index (Phi) is 3.16. The molecule has 0 saturated heterocycles. The average molecular weight is 281 g/mol. The Morgan fingerprint density at radius 3 is 2.48 bits per heavy atom. The second kappa shape index (κ2) is 5.13. The van der Waals surface area contributed by atoms with Crippen molar-refractivity contribution in [2.45, 2.75) is 0 Å². The number of fused-ring (bicyclic) bond motifs is 1. The first-order valence-electron chi connectivity index (χ1n) is 6.27. The van der Waals surface area contributed by atoms with E-state index >= 15 is 0 Å². The van der Waals surface area contributed by atoms with Gasteiger partial charge in [0.1, 0.15) is 11.8 Å². The molecule has 0 fully saturated rings. The number of rotatable bonds is 3. The summed E-state index contributed by atoms with van der Waals surface area (Å²) in [7, 11) is 0. The predicted octanol–water partition coefficient (Wildman–Crippen LogP) is 3.38. The van der Waals surface area contributed by atoms with Gasteiger partial charge >= 0.3 is 5.97 Å². The maximum Gasteiger partial charge on any atom is 0.337 e. The Labute approximate surface area is 119 Å². The van der Waals surface area contributed by atoms with Crippen molar-refractivity contribution in [3.05, 3.63) is 65.9 Å². The third-order valence-corrected chi connectivity index (χ3v) is 3.13. The van der Waals surface area contributed by atoms with Gasteiger partial charge in [-0.2, -0.15) is 0 Å². The number of hydrogen-bond acceptors (Lipinski definition) is 3. The van der Waals surface area contributed by atoms with Gasteiger partial charge < -0.3 is 14.8 Å². The summed E-state index contributed by atoms with van der Waals surface area (Å²) < 4.78 is 5.31. The molecule has 1 heterocycles. The highest BCUT2D eigenvalue weighted by atomic mass is 16.4. The molecule has 0 saturated carbocycles. The molecular weight excluding hydrogens is 270 g/mol. The van der Waals surface area contributed by atoms with Crippen molar-refractivity contribution < 1.29 is 19.1 Å². The van der Waals surface area contributed by atoms with Crippen LogP contribution in [0.15, 0.2) is 59.2 Å².